The van der Waals surface area contributed by atoms with Crippen LogP contribution >= 0.6 is 0 Å². The van der Waals surface area contributed by atoms with Crippen LogP contribution in [-0.2, 0) is 12.7 Å². The number of rotatable bonds is 3. The molecule has 0 radical (unpaired) electrons. The Bertz CT molecular complexity index is 526. The maximum absolute atomic E-state index is 12.6. The number of hydrogen-bond donors (Lipinski definition) is 2. The molecular formula is C9H6F6N2O3. The number of carbonyl (C=O) groups is 1. The summed E-state index contributed by atoms with van der Waals surface area (Å²) in [5, 5.41) is 8.58. The molecule has 0 aliphatic heterocycles. The van der Waals surface area contributed by atoms with Crippen molar-refractivity contribution >= 4 is 5.97 Å². The molecule has 11 heteroatoms. The summed E-state index contributed by atoms with van der Waals surface area (Å²) in [5.74, 6) is -3.47. The van der Waals surface area contributed by atoms with Gasteiger partial charge < -0.3 is 15.6 Å². The van der Waals surface area contributed by atoms with Crippen molar-refractivity contribution in [3.63, 3.8) is 0 Å². The van der Waals surface area contributed by atoms with Crippen LogP contribution in [0.2, 0.25) is 0 Å². The average Bonchev–Trinajstić information content (AvgIpc) is 2.24. The number of alkyl halides is 6. The third-order valence-corrected chi connectivity index (χ3v) is 2.00. The molecule has 0 amide bonds. The van der Waals surface area contributed by atoms with E-state index in [4.69, 9.17) is 10.8 Å². The highest BCUT2D eigenvalue weighted by Gasteiger charge is 2.39. The van der Waals surface area contributed by atoms with Gasteiger partial charge in [0.25, 0.3) is 0 Å². The van der Waals surface area contributed by atoms with Crippen LogP contribution in [0.3, 0.4) is 0 Å². The number of ether oxygens (including phenoxy) is 1. The lowest BCUT2D eigenvalue weighted by atomic mass is 10.1. The molecule has 0 atom stereocenters. The van der Waals surface area contributed by atoms with E-state index in [1.807, 2.05) is 0 Å². The molecule has 0 aromatic carbocycles. The molecule has 0 fully saturated rings. The van der Waals surface area contributed by atoms with E-state index in [0.717, 1.165) is 0 Å². The van der Waals surface area contributed by atoms with E-state index >= 15 is 0 Å². The first-order valence-electron chi connectivity index (χ1n) is 4.76. The summed E-state index contributed by atoms with van der Waals surface area (Å²) in [6, 6.07) is 0.164. The molecule has 0 saturated carbocycles. The largest absolute Gasteiger partial charge is 0.574 e. The van der Waals surface area contributed by atoms with E-state index in [0.29, 0.717) is 0 Å². The second kappa shape index (κ2) is 5.15. The summed E-state index contributed by atoms with van der Waals surface area (Å²) in [5.41, 5.74) is 0.972. The van der Waals surface area contributed by atoms with E-state index < -0.39 is 47.8 Å². The van der Waals surface area contributed by atoms with E-state index in [-0.39, 0.29) is 6.07 Å². The Morgan fingerprint density at radius 1 is 1.30 bits per heavy atom. The Kier molecular flexibility index (Phi) is 4.12. The van der Waals surface area contributed by atoms with Crippen LogP contribution in [0, 0.1) is 0 Å². The summed E-state index contributed by atoms with van der Waals surface area (Å²) in [4.78, 5) is 13.4. The Labute approximate surface area is 107 Å². The number of nitrogens with zero attached hydrogens (tertiary/aromatic N) is 1. The Balaban J connectivity index is 3.49. The van der Waals surface area contributed by atoms with Crippen LogP contribution in [-0.4, -0.2) is 22.4 Å². The van der Waals surface area contributed by atoms with Crippen LogP contribution in [0.1, 0.15) is 21.6 Å². The maximum Gasteiger partial charge on any atom is 0.574 e. The Morgan fingerprint density at radius 2 is 1.85 bits per heavy atom. The molecule has 0 spiro atoms. The molecule has 1 aromatic heterocycles. The Morgan fingerprint density at radius 3 is 2.20 bits per heavy atom. The molecule has 1 rings (SSSR count). The fraction of sp³-hybridized carbons (Fsp3) is 0.333. The van der Waals surface area contributed by atoms with Crippen molar-refractivity contribution in [1.82, 2.24) is 4.98 Å². The van der Waals surface area contributed by atoms with E-state index in [9.17, 15) is 31.1 Å². The summed E-state index contributed by atoms with van der Waals surface area (Å²) in [6.45, 7) is -0.749. The molecule has 0 unspecified atom stereocenters. The lowest BCUT2D eigenvalue weighted by Crippen LogP contribution is -2.23. The van der Waals surface area contributed by atoms with Gasteiger partial charge in [-0.25, -0.2) is 9.78 Å². The van der Waals surface area contributed by atoms with E-state index in [2.05, 4.69) is 9.72 Å². The molecule has 5 nitrogen and oxygen atoms in total. The lowest BCUT2D eigenvalue weighted by molar-refractivity contribution is -0.276. The number of aromatic carboxylic acids is 1. The fourth-order valence-corrected chi connectivity index (χ4v) is 1.26. The second-order valence-electron chi connectivity index (χ2n) is 3.40. The van der Waals surface area contributed by atoms with Crippen LogP contribution in [0.5, 0.6) is 5.88 Å². The van der Waals surface area contributed by atoms with E-state index in [1.165, 1.54) is 0 Å². The summed E-state index contributed by atoms with van der Waals surface area (Å²) in [6.07, 6.45) is -10.4. The first-order chi connectivity index (χ1) is 8.95. The first kappa shape index (κ1) is 16.0. The lowest BCUT2D eigenvalue weighted by Gasteiger charge is -2.15. The van der Waals surface area contributed by atoms with Gasteiger partial charge in [-0.3, -0.25) is 0 Å². The zero-order chi connectivity index (χ0) is 15.7. The van der Waals surface area contributed by atoms with Crippen LogP contribution in [0.4, 0.5) is 26.3 Å². The number of halogens is 6. The highest BCUT2D eigenvalue weighted by Crippen LogP contribution is 2.35. The molecule has 0 aliphatic rings. The van der Waals surface area contributed by atoms with Gasteiger partial charge >= 0.3 is 18.5 Å². The maximum atomic E-state index is 12.6. The highest BCUT2D eigenvalue weighted by atomic mass is 19.4. The van der Waals surface area contributed by atoms with Crippen molar-refractivity contribution < 1.29 is 41.0 Å². The minimum atomic E-state index is -5.24. The van der Waals surface area contributed by atoms with Gasteiger partial charge in [0.05, 0.1) is 5.56 Å². The highest BCUT2D eigenvalue weighted by molar-refractivity contribution is 5.87. The Hall–Kier alpha value is -2.04. The number of pyridine rings is 1. The molecule has 1 heterocycles. The van der Waals surface area contributed by atoms with Crippen LogP contribution in [0.15, 0.2) is 6.07 Å². The van der Waals surface area contributed by atoms with Gasteiger partial charge in [-0.15, -0.1) is 13.2 Å². The van der Waals surface area contributed by atoms with Crippen molar-refractivity contribution in [1.29, 1.82) is 0 Å². The fourth-order valence-electron chi connectivity index (χ4n) is 1.26. The summed E-state index contributed by atoms with van der Waals surface area (Å²) < 4.78 is 77.3. The van der Waals surface area contributed by atoms with Crippen molar-refractivity contribution in [2.75, 3.05) is 0 Å². The topological polar surface area (TPSA) is 85.4 Å². The molecule has 112 valence electrons. The molecule has 0 aliphatic carbocycles. The molecule has 3 N–H and O–H groups in total. The molecular weight excluding hydrogens is 298 g/mol. The number of carboxylic acid groups (broad SMARTS) is 1. The number of nitrogens with two attached hydrogens (primary N) is 1. The predicted molar refractivity (Wildman–Crippen MR) is 50.8 cm³/mol. The second-order valence-corrected chi connectivity index (χ2v) is 3.40. The van der Waals surface area contributed by atoms with Crippen molar-refractivity contribution in [2.24, 2.45) is 5.73 Å². The third kappa shape index (κ3) is 3.73. The number of hydrogen-bond acceptors (Lipinski definition) is 4. The minimum absolute atomic E-state index is 0.164. The smallest absolute Gasteiger partial charge is 0.476 e. The van der Waals surface area contributed by atoms with Gasteiger partial charge in [-0.1, -0.05) is 0 Å². The first-order valence-corrected chi connectivity index (χ1v) is 4.76. The SMILES string of the molecule is NCc1cc(C(F)(F)F)c(C(=O)O)nc1OC(F)(F)F. The standard InChI is InChI=1S/C9H6F6N2O3/c10-8(11,12)4-1-3(2-16)6(20-9(13,14)15)17-5(4)7(18)19/h1H,2,16H2,(H,18,19). The van der Waals surface area contributed by atoms with Crippen molar-refractivity contribution in [2.45, 2.75) is 19.1 Å². The van der Waals surface area contributed by atoms with Crippen molar-refractivity contribution in [3.8, 4) is 5.88 Å². The zero-order valence-electron chi connectivity index (χ0n) is 9.34. The summed E-state index contributed by atoms with van der Waals surface area (Å²) >= 11 is 0. The normalized spacial score (nSPS) is 12.3. The molecule has 1 aromatic rings. The number of aromatic nitrogens is 1. The predicted octanol–water partition coefficient (Wildman–Crippen LogP) is 2.16. The minimum Gasteiger partial charge on any atom is -0.476 e. The molecule has 0 bridgehead atoms. The average molecular weight is 304 g/mol. The zero-order valence-corrected chi connectivity index (χ0v) is 9.34. The third-order valence-electron chi connectivity index (χ3n) is 2.00. The van der Waals surface area contributed by atoms with Gasteiger partial charge in [0.15, 0.2) is 5.69 Å². The van der Waals surface area contributed by atoms with Gasteiger partial charge in [-0.2, -0.15) is 13.2 Å². The van der Waals surface area contributed by atoms with Crippen LogP contribution < -0.4 is 10.5 Å². The number of carboxylic acids is 1. The quantitative estimate of drug-likeness (QED) is 0.836. The van der Waals surface area contributed by atoms with Gasteiger partial charge in [0.2, 0.25) is 5.88 Å². The van der Waals surface area contributed by atoms with Gasteiger partial charge in [0.1, 0.15) is 0 Å². The van der Waals surface area contributed by atoms with Gasteiger partial charge in [-0.05, 0) is 6.07 Å². The van der Waals surface area contributed by atoms with E-state index in [1.54, 1.807) is 0 Å². The molecule has 0 saturated heterocycles. The summed E-state index contributed by atoms with van der Waals surface area (Å²) in [7, 11) is 0. The van der Waals surface area contributed by atoms with Crippen LogP contribution in [0.25, 0.3) is 0 Å². The van der Waals surface area contributed by atoms with Crippen molar-refractivity contribution in [3.05, 3.63) is 22.9 Å². The monoisotopic (exact) mass is 304 g/mol. The van der Waals surface area contributed by atoms with Gasteiger partial charge in [0, 0.05) is 12.1 Å². The molecule has 20 heavy (non-hydrogen) atoms.